The van der Waals surface area contributed by atoms with Crippen LogP contribution in [-0.2, 0) is 16.3 Å². The van der Waals surface area contributed by atoms with Crippen LogP contribution in [0.1, 0.15) is 11.1 Å². The second kappa shape index (κ2) is 4.48. The van der Waals surface area contributed by atoms with Gasteiger partial charge in [0.1, 0.15) is 12.2 Å². The van der Waals surface area contributed by atoms with Gasteiger partial charge in [-0.15, -0.1) is 0 Å². The van der Waals surface area contributed by atoms with Gasteiger partial charge in [-0.25, -0.2) is 0 Å². The highest BCUT2D eigenvalue weighted by atomic mass is 28.2. The van der Waals surface area contributed by atoms with Crippen molar-refractivity contribution >= 4 is 15.6 Å². The van der Waals surface area contributed by atoms with Gasteiger partial charge in [-0.1, -0.05) is 18.3 Å². The van der Waals surface area contributed by atoms with E-state index in [2.05, 4.69) is 36.3 Å². The van der Waals surface area contributed by atoms with E-state index in [1.54, 1.807) is 7.11 Å². The molecule has 1 saturated heterocycles. The van der Waals surface area contributed by atoms with Crippen LogP contribution in [0.25, 0.3) is 0 Å². The molecule has 5 heteroatoms. The van der Waals surface area contributed by atoms with Crippen molar-refractivity contribution in [3.63, 3.8) is 0 Å². The summed E-state index contributed by atoms with van der Waals surface area (Å²) in [6.07, 6.45) is 9.52. The van der Waals surface area contributed by atoms with Crippen LogP contribution in [-0.4, -0.2) is 59.4 Å². The highest BCUT2D eigenvalue weighted by Gasteiger charge is 2.67. The van der Waals surface area contributed by atoms with Crippen molar-refractivity contribution in [2.24, 2.45) is 5.92 Å². The van der Waals surface area contributed by atoms with Crippen LogP contribution >= 0.6 is 0 Å². The molecule has 1 spiro atoms. The summed E-state index contributed by atoms with van der Waals surface area (Å²) in [7, 11) is 4.17. The highest BCUT2D eigenvalue weighted by molar-refractivity contribution is 6.34. The Morgan fingerprint density at radius 1 is 1.39 bits per heavy atom. The number of nitrogens with zero attached hydrogens (tertiary/aromatic N) is 1. The average molecular weight is 326 g/mol. The molecule has 1 fully saturated rings. The van der Waals surface area contributed by atoms with Gasteiger partial charge >= 0.3 is 0 Å². The number of benzene rings is 1. The summed E-state index contributed by atoms with van der Waals surface area (Å²) in [5, 5.41) is 0. The molecule has 1 radical (unpaired) electrons. The van der Waals surface area contributed by atoms with Gasteiger partial charge in [0.25, 0.3) is 9.38 Å². The lowest BCUT2D eigenvalue weighted by atomic mass is 9.59. The maximum Gasteiger partial charge on any atom is 0.274 e. The maximum atomic E-state index is 6.51. The fourth-order valence-corrected chi connectivity index (χ4v) is 5.81. The van der Waals surface area contributed by atoms with Gasteiger partial charge in [0.2, 0.25) is 0 Å². The summed E-state index contributed by atoms with van der Waals surface area (Å²) in [6.45, 7) is 1.02. The molecular formula is C18H20NO3Si. The Kier molecular flexibility index (Phi) is 2.69. The minimum Gasteiger partial charge on any atom is -0.538 e. The van der Waals surface area contributed by atoms with E-state index in [-0.39, 0.29) is 27.0 Å². The third-order valence-corrected chi connectivity index (χ3v) is 6.63. The molecule has 4 unspecified atom stereocenters. The lowest BCUT2D eigenvalue weighted by Gasteiger charge is -2.44. The van der Waals surface area contributed by atoms with Gasteiger partial charge in [0.15, 0.2) is 11.5 Å². The van der Waals surface area contributed by atoms with E-state index < -0.39 is 0 Å². The maximum absolute atomic E-state index is 6.51. The van der Waals surface area contributed by atoms with Gasteiger partial charge in [0, 0.05) is 24.1 Å². The molecule has 1 aromatic carbocycles. The Morgan fingerprint density at radius 2 is 2.26 bits per heavy atom. The molecule has 23 heavy (non-hydrogen) atoms. The zero-order chi connectivity index (χ0) is 15.8. The van der Waals surface area contributed by atoms with E-state index >= 15 is 0 Å². The quantitative estimate of drug-likeness (QED) is 0.617. The molecule has 0 N–H and O–H groups in total. The number of likely N-dealkylation sites (N-methyl/N-ethyl adjacent to an activating group) is 1. The molecule has 0 saturated carbocycles. The van der Waals surface area contributed by atoms with Crippen molar-refractivity contribution in [2.45, 2.75) is 30.1 Å². The van der Waals surface area contributed by atoms with Gasteiger partial charge in [0.05, 0.1) is 12.5 Å². The topological polar surface area (TPSA) is 30.9 Å². The van der Waals surface area contributed by atoms with Crippen LogP contribution in [0.15, 0.2) is 24.3 Å². The summed E-state index contributed by atoms with van der Waals surface area (Å²) in [4.78, 5) is 2.50. The molecule has 5 atom stereocenters. The van der Waals surface area contributed by atoms with E-state index in [4.69, 9.17) is 13.9 Å². The largest absolute Gasteiger partial charge is 0.538 e. The minimum absolute atomic E-state index is 0.00403. The molecule has 2 aliphatic heterocycles. The normalized spacial score (nSPS) is 38.9. The molecule has 4 aliphatic rings. The SMILES string of the molecule is C=[Si]OC1C=CC2C3Cc4ccc(OC)c5c4[C@@]2(CN3C)C1O5. The van der Waals surface area contributed by atoms with Gasteiger partial charge in [-0.2, -0.15) is 0 Å². The fraction of sp³-hybridized carbons (Fsp3) is 0.500. The second-order valence-corrected chi connectivity index (χ2v) is 7.56. The molecule has 119 valence electrons. The highest BCUT2D eigenvalue weighted by Crippen LogP contribution is 2.62. The molecule has 2 bridgehead atoms. The monoisotopic (exact) mass is 326 g/mol. The molecule has 1 aromatic rings. The van der Waals surface area contributed by atoms with Crippen LogP contribution < -0.4 is 9.47 Å². The number of hydrogen-bond donors (Lipinski definition) is 0. The number of hydrogen-bond acceptors (Lipinski definition) is 4. The first-order valence-electron chi connectivity index (χ1n) is 8.14. The van der Waals surface area contributed by atoms with Crippen molar-refractivity contribution in [2.75, 3.05) is 20.7 Å². The smallest absolute Gasteiger partial charge is 0.274 e. The Morgan fingerprint density at radius 3 is 3.04 bits per heavy atom. The lowest BCUT2D eigenvalue weighted by Crippen LogP contribution is -2.55. The summed E-state index contributed by atoms with van der Waals surface area (Å²) < 4.78 is 18.0. The van der Waals surface area contributed by atoms with E-state index in [9.17, 15) is 0 Å². The van der Waals surface area contributed by atoms with Crippen LogP contribution in [0.2, 0.25) is 0 Å². The third-order valence-electron chi connectivity index (χ3n) is 6.19. The van der Waals surface area contributed by atoms with Crippen molar-refractivity contribution in [1.82, 2.24) is 4.90 Å². The summed E-state index contributed by atoms with van der Waals surface area (Å²) in [6, 6.07) is 4.83. The van der Waals surface area contributed by atoms with E-state index in [1.807, 2.05) is 6.07 Å². The van der Waals surface area contributed by atoms with Crippen LogP contribution in [0, 0.1) is 5.92 Å². The van der Waals surface area contributed by atoms with Gasteiger partial charge in [-0.05, 0) is 31.2 Å². The standard InChI is InChI=1S/C18H20NO3Si/c1-19-9-18-11-5-7-14(22-23-3)17(18)21-16-13(20-2)6-4-10(15(16)18)8-12(11)19/h4-7,11-12,14,17H,3,8-9H2,1-2H3/t11?,12?,14?,17?,18-/m0/s1. The van der Waals surface area contributed by atoms with Crippen molar-refractivity contribution in [1.29, 1.82) is 0 Å². The van der Waals surface area contributed by atoms with E-state index in [1.165, 1.54) is 11.1 Å². The average Bonchev–Trinajstić information content (AvgIpc) is 2.99. The molecule has 4 nitrogen and oxygen atoms in total. The van der Waals surface area contributed by atoms with Gasteiger partial charge < -0.3 is 18.8 Å². The molecule has 0 aromatic heterocycles. The third kappa shape index (κ3) is 1.48. The summed E-state index contributed by atoms with van der Waals surface area (Å²) in [5.74, 6) is 2.28. The summed E-state index contributed by atoms with van der Waals surface area (Å²) >= 11 is 0. The zero-order valence-corrected chi connectivity index (χ0v) is 14.4. The Hall–Kier alpha value is -1.59. The Labute approximate surface area is 138 Å². The number of methoxy groups -OCH3 is 1. The number of ether oxygens (including phenoxy) is 2. The van der Waals surface area contributed by atoms with Crippen LogP contribution in [0.4, 0.5) is 0 Å². The zero-order valence-electron chi connectivity index (χ0n) is 13.4. The number of rotatable bonds is 3. The Balaban J connectivity index is 1.77. The molecular weight excluding hydrogens is 306 g/mol. The van der Waals surface area contributed by atoms with Crippen LogP contribution in [0.5, 0.6) is 11.5 Å². The minimum atomic E-state index is -0.0303. The molecule has 2 aliphatic carbocycles. The van der Waals surface area contributed by atoms with Crippen molar-refractivity contribution < 1.29 is 13.9 Å². The van der Waals surface area contributed by atoms with E-state index in [0.717, 1.165) is 24.5 Å². The van der Waals surface area contributed by atoms with Crippen molar-refractivity contribution in [3.05, 3.63) is 35.4 Å². The second-order valence-electron chi connectivity index (χ2n) is 7.03. The van der Waals surface area contributed by atoms with Crippen molar-refractivity contribution in [3.8, 4) is 11.5 Å². The first-order valence-corrected chi connectivity index (χ1v) is 9.25. The predicted molar refractivity (Wildman–Crippen MR) is 89.6 cm³/mol. The Bertz CT molecular complexity index is 733. The fourth-order valence-electron chi connectivity index (χ4n) is 5.41. The first-order chi connectivity index (χ1) is 11.2. The van der Waals surface area contributed by atoms with Gasteiger partial charge in [-0.3, -0.25) is 0 Å². The first kappa shape index (κ1) is 13.8. The van der Waals surface area contributed by atoms with Crippen LogP contribution in [0.3, 0.4) is 0 Å². The molecule has 5 rings (SSSR count). The molecule has 2 heterocycles. The lowest BCUT2D eigenvalue weighted by molar-refractivity contribution is 0.0324. The number of likely N-dealkylation sites (tertiary alicyclic amines) is 1. The predicted octanol–water partition coefficient (Wildman–Crippen LogP) is 1.19. The molecule has 0 amide bonds. The summed E-state index contributed by atoms with van der Waals surface area (Å²) in [5.41, 5.74) is 2.79. The van der Waals surface area contributed by atoms with E-state index in [0.29, 0.717) is 12.0 Å².